The van der Waals surface area contributed by atoms with Crippen LogP contribution in [0.15, 0.2) is 23.6 Å². The van der Waals surface area contributed by atoms with Crippen molar-refractivity contribution in [2.45, 2.75) is 33.4 Å². The first-order chi connectivity index (χ1) is 9.69. The van der Waals surface area contributed by atoms with Gasteiger partial charge in [0.05, 0.1) is 5.69 Å². The largest absolute Gasteiger partial charge is 0.487 e. The van der Waals surface area contributed by atoms with Crippen molar-refractivity contribution >= 4 is 11.3 Å². The van der Waals surface area contributed by atoms with Gasteiger partial charge in [-0.15, -0.1) is 11.3 Å². The Morgan fingerprint density at radius 2 is 2.25 bits per heavy atom. The SMILES string of the molecule is CCCNCc1nc(COc2cc(F)ccc2C)cs1. The number of rotatable bonds is 7. The highest BCUT2D eigenvalue weighted by Gasteiger charge is 2.05. The Kier molecular flexibility index (Phi) is 5.49. The van der Waals surface area contributed by atoms with Crippen LogP contribution in [0, 0.1) is 12.7 Å². The van der Waals surface area contributed by atoms with Gasteiger partial charge in [-0.05, 0) is 31.5 Å². The van der Waals surface area contributed by atoms with Crippen LogP contribution in [-0.2, 0) is 13.2 Å². The molecule has 0 fully saturated rings. The van der Waals surface area contributed by atoms with Gasteiger partial charge in [0.1, 0.15) is 23.2 Å². The molecule has 0 aliphatic heterocycles. The smallest absolute Gasteiger partial charge is 0.131 e. The maximum absolute atomic E-state index is 13.1. The molecule has 0 bridgehead atoms. The number of nitrogens with one attached hydrogen (secondary N) is 1. The summed E-state index contributed by atoms with van der Waals surface area (Å²) < 4.78 is 18.8. The summed E-state index contributed by atoms with van der Waals surface area (Å²) in [6, 6.07) is 4.56. The maximum atomic E-state index is 13.1. The fourth-order valence-electron chi connectivity index (χ4n) is 1.75. The molecule has 1 heterocycles. The van der Waals surface area contributed by atoms with E-state index in [1.165, 1.54) is 12.1 Å². The van der Waals surface area contributed by atoms with Gasteiger partial charge >= 0.3 is 0 Å². The summed E-state index contributed by atoms with van der Waals surface area (Å²) in [4.78, 5) is 4.49. The quantitative estimate of drug-likeness (QED) is 0.791. The van der Waals surface area contributed by atoms with Crippen LogP contribution in [0.2, 0.25) is 0 Å². The molecule has 5 heteroatoms. The summed E-state index contributed by atoms with van der Waals surface area (Å²) in [5.74, 6) is 0.289. The van der Waals surface area contributed by atoms with Gasteiger partial charge in [-0.1, -0.05) is 13.0 Å². The molecular formula is C15H19FN2OS. The lowest BCUT2D eigenvalue weighted by molar-refractivity contribution is 0.298. The third-order valence-corrected chi connectivity index (χ3v) is 3.73. The molecule has 0 aliphatic rings. The van der Waals surface area contributed by atoms with Crippen LogP contribution in [0.3, 0.4) is 0 Å². The Bertz CT molecular complexity index is 557. The topological polar surface area (TPSA) is 34.2 Å². The van der Waals surface area contributed by atoms with E-state index in [0.29, 0.717) is 12.4 Å². The number of aryl methyl sites for hydroxylation is 1. The first kappa shape index (κ1) is 14.9. The molecule has 0 saturated carbocycles. The number of hydrogen-bond acceptors (Lipinski definition) is 4. The zero-order valence-corrected chi connectivity index (χ0v) is 12.6. The predicted octanol–water partition coefficient (Wildman–Crippen LogP) is 3.67. The fourth-order valence-corrected chi connectivity index (χ4v) is 2.50. The minimum atomic E-state index is -0.284. The van der Waals surface area contributed by atoms with Crippen LogP contribution in [-0.4, -0.2) is 11.5 Å². The highest BCUT2D eigenvalue weighted by Crippen LogP contribution is 2.20. The molecule has 2 aromatic rings. The summed E-state index contributed by atoms with van der Waals surface area (Å²) >= 11 is 1.61. The molecule has 1 aromatic carbocycles. The van der Waals surface area contributed by atoms with Crippen LogP contribution in [0.4, 0.5) is 4.39 Å². The van der Waals surface area contributed by atoms with E-state index >= 15 is 0 Å². The van der Waals surface area contributed by atoms with Gasteiger partial charge in [0.25, 0.3) is 0 Å². The number of benzene rings is 1. The Morgan fingerprint density at radius 3 is 3.05 bits per heavy atom. The van der Waals surface area contributed by atoms with E-state index in [4.69, 9.17) is 4.74 Å². The van der Waals surface area contributed by atoms with E-state index in [9.17, 15) is 4.39 Å². The first-order valence-corrected chi connectivity index (χ1v) is 7.60. The van der Waals surface area contributed by atoms with Crippen molar-refractivity contribution in [2.75, 3.05) is 6.54 Å². The number of hydrogen-bond donors (Lipinski definition) is 1. The molecule has 0 unspecified atom stereocenters. The van der Waals surface area contributed by atoms with Crippen LogP contribution < -0.4 is 10.1 Å². The summed E-state index contributed by atoms with van der Waals surface area (Å²) in [5, 5.41) is 6.35. The van der Waals surface area contributed by atoms with Gasteiger partial charge < -0.3 is 10.1 Å². The lowest BCUT2D eigenvalue weighted by Gasteiger charge is -2.07. The maximum Gasteiger partial charge on any atom is 0.131 e. The monoisotopic (exact) mass is 294 g/mol. The molecule has 1 N–H and O–H groups in total. The average Bonchev–Trinajstić information content (AvgIpc) is 2.88. The molecule has 108 valence electrons. The molecule has 0 saturated heterocycles. The van der Waals surface area contributed by atoms with Crippen LogP contribution in [0.1, 0.15) is 29.6 Å². The van der Waals surface area contributed by atoms with Crippen molar-refractivity contribution in [3.8, 4) is 5.75 Å². The number of thiazole rings is 1. The summed E-state index contributed by atoms with van der Waals surface area (Å²) in [7, 11) is 0. The average molecular weight is 294 g/mol. The fraction of sp³-hybridized carbons (Fsp3) is 0.400. The molecule has 3 nitrogen and oxygen atoms in total. The standard InChI is InChI=1S/C15H19FN2OS/c1-3-6-17-8-15-18-13(10-20-15)9-19-14-7-12(16)5-4-11(14)2/h4-5,7,10,17H,3,6,8-9H2,1-2H3. The number of halogens is 1. The highest BCUT2D eigenvalue weighted by molar-refractivity contribution is 7.09. The summed E-state index contributed by atoms with van der Waals surface area (Å²) in [6.45, 7) is 6.19. The van der Waals surface area contributed by atoms with Crippen molar-refractivity contribution in [1.29, 1.82) is 0 Å². The third-order valence-electron chi connectivity index (χ3n) is 2.83. The number of aromatic nitrogens is 1. The van der Waals surface area contributed by atoms with Gasteiger partial charge in [0.15, 0.2) is 0 Å². The predicted molar refractivity (Wildman–Crippen MR) is 79.6 cm³/mol. The second-order valence-electron chi connectivity index (χ2n) is 4.61. The van der Waals surface area contributed by atoms with Crippen molar-refractivity contribution < 1.29 is 9.13 Å². The summed E-state index contributed by atoms with van der Waals surface area (Å²) in [5.41, 5.74) is 1.80. The Labute approximate surface area is 122 Å². The first-order valence-electron chi connectivity index (χ1n) is 6.72. The van der Waals surface area contributed by atoms with E-state index < -0.39 is 0 Å². The van der Waals surface area contributed by atoms with Gasteiger partial charge in [-0.25, -0.2) is 9.37 Å². The zero-order valence-electron chi connectivity index (χ0n) is 11.8. The molecule has 20 heavy (non-hydrogen) atoms. The van der Waals surface area contributed by atoms with Gasteiger partial charge in [-0.2, -0.15) is 0 Å². The Balaban J connectivity index is 1.89. The number of nitrogens with zero attached hydrogens (tertiary/aromatic N) is 1. The second kappa shape index (κ2) is 7.36. The van der Waals surface area contributed by atoms with Crippen molar-refractivity contribution in [1.82, 2.24) is 10.3 Å². The van der Waals surface area contributed by atoms with Crippen LogP contribution in [0.25, 0.3) is 0 Å². The van der Waals surface area contributed by atoms with Crippen LogP contribution in [0.5, 0.6) is 5.75 Å². The van der Waals surface area contributed by atoms with Gasteiger partial charge in [0.2, 0.25) is 0 Å². The molecule has 0 amide bonds. The second-order valence-corrected chi connectivity index (χ2v) is 5.55. The van der Waals surface area contributed by atoms with Gasteiger partial charge in [0, 0.05) is 18.0 Å². The van der Waals surface area contributed by atoms with Crippen LogP contribution >= 0.6 is 11.3 Å². The van der Waals surface area contributed by atoms with Crippen molar-refractivity contribution in [3.63, 3.8) is 0 Å². The van der Waals surface area contributed by atoms with Crippen molar-refractivity contribution in [2.24, 2.45) is 0 Å². The molecule has 1 aromatic heterocycles. The van der Waals surface area contributed by atoms with Gasteiger partial charge in [-0.3, -0.25) is 0 Å². The zero-order chi connectivity index (χ0) is 14.4. The van der Waals surface area contributed by atoms with Crippen molar-refractivity contribution in [3.05, 3.63) is 45.7 Å². The van der Waals surface area contributed by atoms with E-state index in [1.807, 2.05) is 12.3 Å². The van der Waals surface area contributed by atoms with E-state index in [-0.39, 0.29) is 5.82 Å². The molecule has 0 spiro atoms. The molecule has 0 atom stereocenters. The lowest BCUT2D eigenvalue weighted by atomic mass is 10.2. The molecule has 2 rings (SSSR count). The molecule has 0 radical (unpaired) electrons. The molecular weight excluding hydrogens is 275 g/mol. The minimum absolute atomic E-state index is 0.284. The summed E-state index contributed by atoms with van der Waals surface area (Å²) in [6.07, 6.45) is 1.11. The lowest BCUT2D eigenvalue weighted by Crippen LogP contribution is -2.13. The Morgan fingerprint density at radius 1 is 1.40 bits per heavy atom. The van der Waals surface area contributed by atoms with E-state index in [2.05, 4.69) is 17.2 Å². The highest BCUT2D eigenvalue weighted by atomic mass is 32.1. The number of ether oxygens (including phenoxy) is 1. The van der Waals surface area contributed by atoms with E-state index in [0.717, 1.165) is 35.8 Å². The normalized spacial score (nSPS) is 10.8. The third kappa shape index (κ3) is 4.28. The minimum Gasteiger partial charge on any atom is -0.487 e. The Hall–Kier alpha value is -1.46. The van der Waals surface area contributed by atoms with E-state index in [1.54, 1.807) is 17.4 Å². The molecule has 0 aliphatic carbocycles.